The van der Waals surface area contributed by atoms with Crippen LogP contribution in [-0.2, 0) is 0 Å². The molecule has 1 spiro atoms. The van der Waals surface area contributed by atoms with Crippen LogP contribution in [0.4, 0.5) is 10.1 Å². The highest BCUT2D eigenvalue weighted by molar-refractivity contribution is 6.02. The highest BCUT2D eigenvalue weighted by atomic mass is 19.1. The molecule has 1 fully saturated rings. The lowest BCUT2D eigenvalue weighted by molar-refractivity contribution is 0.0609. The number of amides is 2. The topological polar surface area (TPSA) is 52.7 Å². The summed E-state index contributed by atoms with van der Waals surface area (Å²) in [7, 11) is 1.87. The zero-order valence-corrected chi connectivity index (χ0v) is 16.4. The Bertz CT molecular complexity index is 944. The molecular weight excluding hydrogens is 357 g/mol. The van der Waals surface area contributed by atoms with Gasteiger partial charge in [-0.3, -0.25) is 9.59 Å². The number of carbonyl (C=O) groups is 2. The van der Waals surface area contributed by atoms with Crippen LogP contribution in [0, 0.1) is 19.7 Å². The third-order valence-corrected chi connectivity index (χ3v) is 5.90. The second-order valence-corrected chi connectivity index (χ2v) is 7.87. The Balaban J connectivity index is 1.55. The number of aryl methyl sites for hydroxylation is 2. The minimum absolute atomic E-state index is 0.0119. The molecule has 0 radical (unpaired) electrons. The van der Waals surface area contributed by atoms with Crippen molar-refractivity contribution in [1.82, 2.24) is 10.2 Å². The Morgan fingerprint density at radius 3 is 2.36 bits per heavy atom. The first-order valence-corrected chi connectivity index (χ1v) is 9.52. The Morgan fingerprint density at radius 1 is 1.07 bits per heavy atom. The van der Waals surface area contributed by atoms with E-state index in [4.69, 9.17) is 0 Å². The molecular formula is C22H24FN3O2. The van der Waals surface area contributed by atoms with E-state index in [0.29, 0.717) is 42.7 Å². The number of rotatable bonds is 1. The number of fused-ring (bicyclic) bond motifs is 1. The molecule has 5 nitrogen and oxygen atoms in total. The molecule has 2 aliphatic heterocycles. The van der Waals surface area contributed by atoms with E-state index >= 15 is 0 Å². The van der Waals surface area contributed by atoms with Gasteiger partial charge in [-0.15, -0.1) is 0 Å². The molecule has 2 aromatic rings. The third-order valence-electron chi connectivity index (χ3n) is 5.90. The van der Waals surface area contributed by atoms with Crippen molar-refractivity contribution in [3.8, 4) is 0 Å². The van der Waals surface area contributed by atoms with Crippen LogP contribution in [0.5, 0.6) is 0 Å². The quantitative estimate of drug-likeness (QED) is 0.825. The van der Waals surface area contributed by atoms with Gasteiger partial charge in [0.1, 0.15) is 11.5 Å². The van der Waals surface area contributed by atoms with Crippen LogP contribution < -0.4 is 10.2 Å². The predicted molar refractivity (Wildman–Crippen MR) is 106 cm³/mol. The summed E-state index contributed by atoms with van der Waals surface area (Å²) >= 11 is 0. The minimum atomic E-state index is -0.600. The zero-order valence-electron chi connectivity index (χ0n) is 16.4. The van der Waals surface area contributed by atoms with Crippen molar-refractivity contribution >= 4 is 17.5 Å². The summed E-state index contributed by atoms with van der Waals surface area (Å²) in [6.07, 6.45) is 1.17. The van der Waals surface area contributed by atoms with E-state index in [1.54, 1.807) is 0 Å². The van der Waals surface area contributed by atoms with Crippen molar-refractivity contribution in [3.05, 3.63) is 64.5 Å². The molecule has 4 rings (SSSR count). The van der Waals surface area contributed by atoms with Crippen LogP contribution in [0.1, 0.15) is 44.7 Å². The lowest BCUT2D eigenvalue weighted by Crippen LogP contribution is -2.67. The van der Waals surface area contributed by atoms with Crippen LogP contribution in [0.2, 0.25) is 0 Å². The molecule has 0 unspecified atom stereocenters. The monoisotopic (exact) mass is 381 g/mol. The van der Waals surface area contributed by atoms with Gasteiger partial charge in [-0.25, -0.2) is 4.39 Å². The van der Waals surface area contributed by atoms with E-state index in [0.717, 1.165) is 11.1 Å². The maximum atomic E-state index is 13.8. The standard InChI is InChI=1S/C22H24FN3O2/c1-14-10-15(2)12-16(11-14)21(28)26-8-6-22(7-9-26)24-20(27)18-5-4-17(23)13-19(18)25(22)3/h4-5,10-13H,6-9H2,1-3H3,(H,24,27). The van der Waals surface area contributed by atoms with Gasteiger partial charge in [-0.1, -0.05) is 17.2 Å². The average molecular weight is 381 g/mol. The van der Waals surface area contributed by atoms with Crippen molar-refractivity contribution in [2.75, 3.05) is 25.0 Å². The highest BCUT2D eigenvalue weighted by Crippen LogP contribution is 2.36. The Labute approximate surface area is 164 Å². The summed E-state index contributed by atoms with van der Waals surface area (Å²) in [6.45, 7) is 5.03. The summed E-state index contributed by atoms with van der Waals surface area (Å²) in [5.74, 6) is -0.544. The largest absolute Gasteiger partial charge is 0.351 e. The average Bonchev–Trinajstić information content (AvgIpc) is 2.65. The van der Waals surface area contributed by atoms with Crippen molar-refractivity contribution in [2.45, 2.75) is 32.4 Å². The first kappa shape index (κ1) is 18.5. The van der Waals surface area contributed by atoms with E-state index < -0.39 is 5.66 Å². The van der Waals surface area contributed by atoms with Crippen molar-refractivity contribution < 1.29 is 14.0 Å². The molecule has 0 atom stereocenters. The smallest absolute Gasteiger partial charge is 0.255 e. The summed E-state index contributed by atoms with van der Waals surface area (Å²) in [4.78, 5) is 29.3. The summed E-state index contributed by atoms with van der Waals surface area (Å²) in [5.41, 5.74) is 3.30. The lowest BCUT2D eigenvalue weighted by Gasteiger charge is -2.51. The Morgan fingerprint density at radius 2 is 1.71 bits per heavy atom. The van der Waals surface area contributed by atoms with E-state index in [1.165, 1.54) is 18.2 Å². The minimum Gasteiger partial charge on any atom is -0.351 e. The number of likely N-dealkylation sites (tertiary alicyclic amines) is 1. The fourth-order valence-corrected chi connectivity index (χ4v) is 4.39. The molecule has 0 saturated carbocycles. The fraction of sp³-hybridized carbons (Fsp3) is 0.364. The Kier molecular flexibility index (Phi) is 4.37. The van der Waals surface area contributed by atoms with Gasteiger partial charge >= 0.3 is 0 Å². The molecule has 6 heteroatoms. The van der Waals surface area contributed by atoms with Gasteiger partial charge in [-0.05, 0) is 44.2 Å². The maximum absolute atomic E-state index is 13.8. The molecule has 1 N–H and O–H groups in total. The SMILES string of the molecule is Cc1cc(C)cc(C(=O)N2CCC3(CC2)NC(=O)c2ccc(F)cc2N3C)c1. The third kappa shape index (κ3) is 3.03. The molecule has 0 aromatic heterocycles. The summed E-state index contributed by atoms with van der Waals surface area (Å²) in [6, 6.07) is 10.1. The number of benzene rings is 2. The van der Waals surface area contributed by atoms with Crippen molar-refractivity contribution in [2.24, 2.45) is 0 Å². The van der Waals surface area contributed by atoms with Crippen molar-refractivity contribution in [1.29, 1.82) is 0 Å². The van der Waals surface area contributed by atoms with Gasteiger partial charge in [0.15, 0.2) is 0 Å². The van der Waals surface area contributed by atoms with E-state index in [9.17, 15) is 14.0 Å². The van der Waals surface area contributed by atoms with Crippen LogP contribution >= 0.6 is 0 Å². The zero-order chi connectivity index (χ0) is 20.1. The summed E-state index contributed by atoms with van der Waals surface area (Å²) < 4.78 is 13.8. The van der Waals surface area contributed by atoms with Crippen LogP contribution in [0.3, 0.4) is 0 Å². The van der Waals surface area contributed by atoms with E-state index in [2.05, 4.69) is 5.32 Å². The lowest BCUT2D eigenvalue weighted by atomic mass is 9.90. The molecule has 2 aromatic carbocycles. The van der Waals surface area contributed by atoms with Gasteiger partial charge in [0, 0.05) is 38.5 Å². The second-order valence-electron chi connectivity index (χ2n) is 7.87. The number of halogens is 1. The van der Waals surface area contributed by atoms with Crippen LogP contribution in [0.25, 0.3) is 0 Å². The van der Waals surface area contributed by atoms with Gasteiger partial charge in [0.2, 0.25) is 0 Å². The molecule has 2 aliphatic rings. The molecule has 0 aliphatic carbocycles. The number of nitrogens with one attached hydrogen (secondary N) is 1. The first-order chi connectivity index (χ1) is 13.3. The van der Waals surface area contributed by atoms with Crippen LogP contribution in [-0.4, -0.2) is 42.5 Å². The van der Waals surface area contributed by atoms with Crippen molar-refractivity contribution in [3.63, 3.8) is 0 Å². The van der Waals surface area contributed by atoms with Crippen LogP contribution in [0.15, 0.2) is 36.4 Å². The summed E-state index contributed by atoms with van der Waals surface area (Å²) in [5, 5.41) is 3.10. The highest BCUT2D eigenvalue weighted by Gasteiger charge is 2.45. The molecule has 2 amide bonds. The maximum Gasteiger partial charge on any atom is 0.255 e. The number of anilines is 1. The van der Waals surface area contributed by atoms with Gasteiger partial charge in [0.25, 0.3) is 11.8 Å². The van der Waals surface area contributed by atoms with Gasteiger partial charge in [0.05, 0.1) is 11.3 Å². The molecule has 0 bridgehead atoms. The molecule has 146 valence electrons. The number of hydrogen-bond donors (Lipinski definition) is 1. The molecule has 2 heterocycles. The Hall–Kier alpha value is -2.89. The number of piperidine rings is 1. The van der Waals surface area contributed by atoms with Gasteiger partial charge in [-0.2, -0.15) is 0 Å². The molecule has 1 saturated heterocycles. The molecule has 28 heavy (non-hydrogen) atoms. The second kappa shape index (κ2) is 6.62. The van der Waals surface area contributed by atoms with E-state index in [1.807, 2.05) is 48.9 Å². The number of carbonyl (C=O) groups excluding carboxylic acids is 2. The van der Waals surface area contributed by atoms with E-state index in [-0.39, 0.29) is 17.6 Å². The predicted octanol–water partition coefficient (Wildman–Crippen LogP) is 3.25. The number of hydrogen-bond acceptors (Lipinski definition) is 3. The first-order valence-electron chi connectivity index (χ1n) is 9.52. The fourth-order valence-electron chi connectivity index (χ4n) is 4.39. The number of nitrogens with zero attached hydrogens (tertiary/aromatic N) is 2. The van der Waals surface area contributed by atoms with Gasteiger partial charge < -0.3 is 15.1 Å². The normalized spacial score (nSPS) is 18.1.